The molecule has 1 aliphatic heterocycles. The number of hydrogen-bond acceptors (Lipinski definition) is 3. The zero-order chi connectivity index (χ0) is 10.7. The summed E-state index contributed by atoms with van der Waals surface area (Å²) in [6.07, 6.45) is 4.74. The van der Waals surface area contributed by atoms with Gasteiger partial charge in [0.25, 0.3) is 5.91 Å². The summed E-state index contributed by atoms with van der Waals surface area (Å²) < 4.78 is 5.11. The second kappa shape index (κ2) is 4.49. The maximum Gasteiger partial charge on any atom is 0.289 e. The number of furan rings is 1. The molecule has 0 aliphatic carbocycles. The highest BCUT2D eigenvalue weighted by molar-refractivity contribution is 5.91. The predicted octanol–water partition coefficient (Wildman–Crippen LogP) is 1.23. The third-order valence-electron chi connectivity index (χ3n) is 2.89. The molecule has 4 heteroatoms. The Balaban J connectivity index is 2.11. The lowest BCUT2D eigenvalue weighted by Gasteiger charge is -2.34. The summed E-state index contributed by atoms with van der Waals surface area (Å²) in [7, 11) is 0. The van der Waals surface area contributed by atoms with E-state index in [0.717, 1.165) is 25.8 Å². The number of nitrogens with zero attached hydrogens (tertiary/aromatic N) is 1. The summed E-state index contributed by atoms with van der Waals surface area (Å²) in [6.45, 7) is 1.33. The molecule has 2 rings (SSSR count). The summed E-state index contributed by atoms with van der Waals surface area (Å²) in [5, 5.41) is 0. The Bertz CT molecular complexity index is 321. The van der Waals surface area contributed by atoms with Crippen LogP contribution in [0.25, 0.3) is 0 Å². The minimum atomic E-state index is -0.0323. The van der Waals surface area contributed by atoms with Gasteiger partial charge in [0.2, 0.25) is 0 Å². The molecule has 0 bridgehead atoms. The zero-order valence-electron chi connectivity index (χ0n) is 8.69. The van der Waals surface area contributed by atoms with Gasteiger partial charge in [-0.1, -0.05) is 0 Å². The van der Waals surface area contributed by atoms with Crippen LogP contribution in [0.15, 0.2) is 22.8 Å². The molecule has 0 spiro atoms. The van der Waals surface area contributed by atoms with E-state index in [9.17, 15) is 4.79 Å². The monoisotopic (exact) mass is 208 g/mol. The lowest BCUT2D eigenvalue weighted by molar-refractivity contribution is 0.0591. The van der Waals surface area contributed by atoms with E-state index in [4.69, 9.17) is 10.2 Å². The van der Waals surface area contributed by atoms with E-state index in [1.807, 2.05) is 4.90 Å². The zero-order valence-corrected chi connectivity index (χ0v) is 8.69. The summed E-state index contributed by atoms with van der Waals surface area (Å²) >= 11 is 0. The van der Waals surface area contributed by atoms with E-state index >= 15 is 0 Å². The molecule has 1 amide bonds. The highest BCUT2D eigenvalue weighted by atomic mass is 16.3. The summed E-state index contributed by atoms with van der Waals surface area (Å²) in [6, 6.07) is 3.61. The smallest absolute Gasteiger partial charge is 0.289 e. The van der Waals surface area contributed by atoms with Gasteiger partial charge in [-0.2, -0.15) is 0 Å². The molecule has 2 heterocycles. The van der Waals surface area contributed by atoms with Gasteiger partial charge >= 0.3 is 0 Å². The molecule has 1 saturated heterocycles. The van der Waals surface area contributed by atoms with Gasteiger partial charge in [-0.05, 0) is 31.4 Å². The summed E-state index contributed by atoms with van der Waals surface area (Å²) in [5.74, 6) is 0.380. The van der Waals surface area contributed by atoms with E-state index in [-0.39, 0.29) is 11.9 Å². The fourth-order valence-corrected chi connectivity index (χ4v) is 2.05. The van der Waals surface area contributed by atoms with Crippen LogP contribution in [0, 0.1) is 0 Å². The van der Waals surface area contributed by atoms with Crippen molar-refractivity contribution in [2.24, 2.45) is 5.73 Å². The quantitative estimate of drug-likeness (QED) is 0.795. The third kappa shape index (κ3) is 2.04. The number of piperidine rings is 1. The van der Waals surface area contributed by atoms with Crippen LogP contribution in [0.5, 0.6) is 0 Å². The van der Waals surface area contributed by atoms with Crippen molar-refractivity contribution in [3.63, 3.8) is 0 Å². The first-order valence-corrected chi connectivity index (χ1v) is 5.37. The van der Waals surface area contributed by atoms with Crippen molar-refractivity contribution in [3.05, 3.63) is 24.2 Å². The van der Waals surface area contributed by atoms with E-state index in [2.05, 4.69) is 0 Å². The van der Waals surface area contributed by atoms with Crippen molar-refractivity contribution in [1.82, 2.24) is 4.90 Å². The highest BCUT2D eigenvalue weighted by Gasteiger charge is 2.27. The normalized spacial score (nSPS) is 21.7. The largest absolute Gasteiger partial charge is 0.459 e. The van der Waals surface area contributed by atoms with Gasteiger partial charge in [0.15, 0.2) is 5.76 Å². The predicted molar refractivity (Wildman–Crippen MR) is 56.4 cm³/mol. The Kier molecular flexibility index (Phi) is 3.06. The molecule has 82 valence electrons. The summed E-state index contributed by atoms with van der Waals surface area (Å²) in [5.41, 5.74) is 5.66. The van der Waals surface area contributed by atoms with Gasteiger partial charge in [0.1, 0.15) is 0 Å². The molecular weight excluding hydrogens is 192 g/mol. The number of hydrogen-bond donors (Lipinski definition) is 1. The number of rotatable bonds is 2. The first kappa shape index (κ1) is 10.2. The van der Waals surface area contributed by atoms with Crippen LogP contribution in [0.4, 0.5) is 0 Å². The van der Waals surface area contributed by atoms with Gasteiger partial charge < -0.3 is 15.1 Å². The number of likely N-dealkylation sites (tertiary alicyclic amines) is 1. The Morgan fingerprint density at radius 1 is 1.60 bits per heavy atom. The Morgan fingerprint density at radius 3 is 3.13 bits per heavy atom. The minimum absolute atomic E-state index is 0.0323. The van der Waals surface area contributed by atoms with Crippen LogP contribution >= 0.6 is 0 Å². The standard InChI is InChI=1S/C11H16N2O2/c12-8-9-4-1-2-6-13(9)11(14)10-5-3-7-15-10/h3,5,7,9H,1-2,4,6,8,12H2. The van der Waals surface area contributed by atoms with E-state index in [0.29, 0.717) is 12.3 Å². The molecule has 4 nitrogen and oxygen atoms in total. The van der Waals surface area contributed by atoms with Crippen molar-refractivity contribution in [1.29, 1.82) is 0 Å². The van der Waals surface area contributed by atoms with Crippen molar-refractivity contribution in [2.75, 3.05) is 13.1 Å². The Hall–Kier alpha value is -1.29. The number of nitrogens with two attached hydrogens (primary N) is 1. The fourth-order valence-electron chi connectivity index (χ4n) is 2.05. The molecule has 0 aromatic carbocycles. The van der Waals surface area contributed by atoms with Gasteiger partial charge in [-0.25, -0.2) is 0 Å². The maximum absolute atomic E-state index is 12.0. The molecule has 0 radical (unpaired) electrons. The van der Waals surface area contributed by atoms with Crippen molar-refractivity contribution >= 4 is 5.91 Å². The molecule has 1 aliphatic rings. The van der Waals surface area contributed by atoms with Crippen molar-refractivity contribution < 1.29 is 9.21 Å². The molecule has 15 heavy (non-hydrogen) atoms. The lowest BCUT2D eigenvalue weighted by Crippen LogP contribution is -2.47. The molecule has 1 fully saturated rings. The minimum Gasteiger partial charge on any atom is -0.459 e. The van der Waals surface area contributed by atoms with Crippen LogP contribution in [-0.2, 0) is 0 Å². The lowest BCUT2D eigenvalue weighted by atomic mass is 10.0. The topological polar surface area (TPSA) is 59.5 Å². The molecule has 1 unspecified atom stereocenters. The SMILES string of the molecule is NCC1CCCCN1C(=O)c1ccco1. The van der Waals surface area contributed by atoms with Crippen molar-refractivity contribution in [3.8, 4) is 0 Å². The van der Waals surface area contributed by atoms with Gasteiger partial charge in [0, 0.05) is 19.1 Å². The third-order valence-corrected chi connectivity index (χ3v) is 2.89. The number of amides is 1. The average Bonchev–Trinajstić information content (AvgIpc) is 2.81. The number of carbonyl (C=O) groups is 1. The second-order valence-electron chi connectivity index (χ2n) is 3.86. The van der Waals surface area contributed by atoms with Crippen LogP contribution in [0.3, 0.4) is 0 Å². The van der Waals surface area contributed by atoms with Gasteiger partial charge in [0.05, 0.1) is 6.26 Å². The van der Waals surface area contributed by atoms with E-state index < -0.39 is 0 Å². The molecule has 1 atom stereocenters. The van der Waals surface area contributed by atoms with E-state index in [1.165, 1.54) is 6.26 Å². The van der Waals surface area contributed by atoms with E-state index in [1.54, 1.807) is 12.1 Å². The first-order chi connectivity index (χ1) is 7.33. The first-order valence-electron chi connectivity index (χ1n) is 5.37. The highest BCUT2D eigenvalue weighted by Crippen LogP contribution is 2.18. The van der Waals surface area contributed by atoms with Gasteiger partial charge in [-0.3, -0.25) is 4.79 Å². The molecule has 0 saturated carbocycles. The van der Waals surface area contributed by atoms with Crippen LogP contribution < -0.4 is 5.73 Å². The Labute approximate surface area is 89.0 Å². The molecule has 2 N–H and O–H groups in total. The summed E-state index contributed by atoms with van der Waals surface area (Å²) in [4.78, 5) is 13.8. The Morgan fingerprint density at radius 2 is 2.47 bits per heavy atom. The second-order valence-corrected chi connectivity index (χ2v) is 3.86. The fraction of sp³-hybridized carbons (Fsp3) is 0.545. The average molecular weight is 208 g/mol. The van der Waals surface area contributed by atoms with Crippen molar-refractivity contribution in [2.45, 2.75) is 25.3 Å². The molecule has 1 aromatic rings. The van der Waals surface area contributed by atoms with Gasteiger partial charge in [-0.15, -0.1) is 0 Å². The van der Waals surface area contributed by atoms with Crippen LogP contribution in [0.2, 0.25) is 0 Å². The maximum atomic E-state index is 12.0. The number of carbonyl (C=O) groups excluding carboxylic acids is 1. The van der Waals surface area contributed by atoms with Crippen LogP contribution in [-0.4, -0.2) is 29.9 Å². The molecular formula is C11H16N2O2. The van der Waals surface area contributed by atoms with Crippen LogP contribution in [0.1, 0.15) is 29.8 Å². The molecule has 1 aromatic heterocycles.